The first-order chi connectivity index (χ1) is 18.4. The summed E-state index contributed by atoms with van der Waals surface area (Å²) >= 11 is 0. The standard InChI is InChI=1S/C25H27F4N7O3/c1-30-24(8-9-35(2)3)11-17(26)18(10-20(24)36(37)38)33-23-32-13-16(25(27,28)29)21(34-23)15-12-31-22-14(15)6-5-7-19(22)39-4/h5-7,10-13,20,30-31H,8-9H2,1-4H3,(H,32,33,34). The number of nitro groups is 1. The SMILES string of the molecule is CNC1(CCN(C)C)C=C(F)C(Nc2ncc(C(F)(F)F)c(-c3c[nH]c4c(OC)cccc34)n2)=CC1[N+](=O)[O-]. The van der Waals surface area contributed by atoms with Gasteiger partial charge in [-0.1, -0.05) is 12.1 Å². The Hall–Kier alpha value is -4.04. The van der Waals surface area contributed by atoms with Gasteiger partial charge >= 0.3 is 6.18 Å². The van der Waals surface area contributed by atoms with Gasteiger partial charge in [0.15, 0.2) is 0 Å². The summed E-state index contributed by atoms with van der Waals surface area (Å²) in [6, 6.07) is 3.51. The summed E-state index contributed by atoms with van der Waals surface area (Å²) in [6.07, 6.45) is -0.411. The van der Waals surface area contributed by atoms with Crippen molar-refractivity contribution in [1.82, 2.24) is 25.2 Å². The maximum Gasteiger partial charge on any atom is 0.419 e. The van der Waals surface area contributed by atoms with Crippen molar-refractivity contribution in [2.24, 2.45) is 0 Å². The smallest absolute Gasteiger partial charge is 0.419 e. The van der Waals surface area contributed by atoms with E-state index in [9.17, 15) is 23.3 Å². The number of allylic oxidation sites excluding steroid dienone is 1. The van der Waals surface area contributed by atoms with Gasteiger partial charge in [0.1, 0.15) is 22.7 Å². The summed E-state index contributed by atoms with van der Waals surface area (Å²) in [5.41, 5.74) is -2.61. The van der Waals surface area contributed by atoms with E-state index in [2.05, 4.69) is 25.6 Å². The number of halogens is 4. The van der Waals surface area contributed by atoms with E-state index in [1.54, 1.807) is 32.3 Å². The number of nitrogens with one attached hydrogen (secondary N) is 3. The van der Waals surface area contributed by atoms with Crippen molar-refractivity contribution in [2.75, 3.05) is 40.1 Å². The molecule has 3 N–H and O–H groups in total. The molecule has 39 heavy (non-hydrogen) atoms. The van der Waals surface area contributed by atoms with Gasteiger partial charge in [-0.05, 0) is 46.3 Å². The van der Waals surface area contributed by atoms with Crippen LogP contribution in [0.1, 0.15) is 12.0 Å². The van der Waals surface area contributed by atoms with Gasteiger partial charge in [0.25, 0.3) is 6.04 Å². The number of alkyl halides is 3. The molecular weight excluding hydrogens is 522 g/mol. The van der Waals surface area contributed by atoms with Crippen molar-refractivity contribution in [1.29, 1.82) is 0 Å². The summed E-state index contributed by atoms with van der Waals surface area (Å²) in [4.78, 5) is 24.0. The van der Waals surface area contributed by atoms with Crippen LogP contribution in [0.5, 0.6) is 5.75 Å². The molecule has 0 saturated carbocycles. The molecule has 0 bridgehead atoms. The Balaban J connectivity index is 1.77. The summed E-state index contributed by atoms with van der Waals surface area (Å²) in [5.74, 6) is -0.770. The fourth-order valence-corrected chi connectivity index (χ4v) is 4.57. The number of rotatable bonds is 9. The number of aromatic amines is 1. The van der Waals surface area contributed by atoms with Crippen molar-refractivity contribution in [3.8, 4) is 17.0 Å². The Morgan fingerprint density at radius 1 is 1.31 bits per heavy atom. The van der Waals surface area contributed by atoms with E-state index < -0.39 is 39.8 Å². The third-order valence-electron chi connectivity index (χ3n) is 6.65. The number of ether oxygens (including phenoxy) is 1. The van der Waals surface area contributed by atoms with Crippen molar-refractivity contribution in [2.45, 2.75) is 24.2 Å². The van der Waals surface area contributed by atoms with Gasteiger partial charge in [-0.3, -0.25) is 10.1 Å². The lowest BCUT2D eigenvalue weighted by molar-refractivity contribution is -0.519. The lowest BCUT2D eigenvalue weighted by Gasteiger charge is -2.35. The Morgan fingerprint density at radius 2 is 2.05 bits per heavy atom. The van der Waals surface area contributed by atoms with Crippen LogP contribution in [0.25, 0.3) is 22.2 Å². The highest BCUT2D eigenvalue weighted by atomic mass is 19.4. The lowest BCUT2D eigenvalue weighted by atomic mass is 9.82. The van der Waals surface area contributed by atoms with Crippen LogP contribution in [0.15, 0.2) is 54.3 Å². The highest BCUT2D eigenvalue weighted by Crippen LogP contribution is 2.40. The van der Waals surface area contributed by atoms with Gasteiger partial charge in [-0.25, -0.2) is 14.4 Å². The third kappa shape index (κ3) is 5.43. The number of methoxy groups -OCH3 is 1. The molecule has 4 rings (SSSR count). The lowest BCUT2D eigenvalue weighted by Crippen LogP contribution is -2.56. The molecule has 1 aromatic carbocycles. The average molecular weight is 550 g/mol. The molecule has 10 nitrogen and oxygen atoms in total. The second-order valence-corrected chi connectivity index (χ2v) is 9.31. The number of hydrogen-bond donors (Lipinski definition) is 3. The molecule has 3 aromatic rings. The fourth-order valence-electron chi connectivity index (χ4n) is 4.57. The van der Waals surface area contributed by atoms with E-state index in [0.717, 1.165) is 12.2 Å². The van der Waals surface area contributed by atoms with Crippen LogP contribution in [0.2, 0.25) is 0 Å². The number of benzene rings is 1. The molecule has 2 aromatic heterocycles. The number of para-hydroxylation sites is 1. The molecular formula is C25H27F4N7O3. The Bertz CT molecular complexity index is 1450. The maximum absolute atomic E-state index is 15.3. The van der Waals surface area contributed by atoms with Crippen LogP contribution in [0.3, 0.4) is 0 Å². The highest BCUT2D eigenvalue weighted by molar-refractivity contribution is 5.98. The van der Waals surface area contributed by atoms with Gasteiger partial charge in [0.2, 0.25) is 5.95 Å². The van der Waals surface area contributed by atoms with E-state index in [4.69, 9.17) is 4.74 Å². The first-order valence-corrected chi connectivity index (χ1v) is 11.8. The molecule has 0 spiro atoms. The van der Waals surface area contributed by atoms with Gasteiger partial charge < -0.3 is 25.3 Å². The number of H-pyrrole nitrogens is 1. The quantitative estimate of drug-likeness (QED) is 0.204. The van der Waals surface area contributed by atoms with Gasteiger partial charge in [-0.15, -0.1) is 0 Å². The molecule has 2 atom stereocenters. The minimum absolute atomic E-state index is 0.122. The molecule has 0 fully saturated rings. The van der Waals surface area contributed by atoms with Gasteiger partial charge in [-0.2, -0.15) is 13.2 Å². The van der Waals surface area contributed by atoms with E-state index in [-0.39, 0.29) is 23.6 Å². The minimum Gasteiger partial charge on any atom is -0.495 e. The first kappa shape index (κ1) is 28.0. The summed E-state index contributed by atoms with van der Waals surface area (Å²) in [7, 11) is 6.52. The second kappa shape index (κ2) is 10.6. The molecule has 1 aliphatic rings. The zero-order valence-corrected chi connectivity index (χ0v) is 21.6. The maximum atomic E-state index is 15.3. The van der Waals surface area contributed by atoms with Crippen LogP contribution < -0.4 is 15.4 Å². The number of likely N-dealkylation sites (N-methyl/N-ethyl adjacent to an activating group) is 1. The number of nitrogens with zero attached hydrogens (tertiary/aromatic N) is 4. The van der Waals surface area contributed by atoms with Crippen molar-refractivity contribution in [3.63, 3.8) is 0 Å². The highest BCUT2D eigenvalue weighted by Gasteiger charge is 2.46. The number of anilines is 1. The molecule has 0 radical (unpaired) electrons. The van der Waals surface area contributed by atoms with Crippen molar-refractivity contribution < 1.29 is 27.2 Å². The molecule has 2 heterocycles. The molecule has 14 heteroatoms. The van der Waals surface area contributed by atoms with Crippen LogP contribution in [-0.2, 0) is 6.18 Å². The van der Waals surface area contributed by atoms with Crippen LogP contribution in [0.4, 0.5) is 23.5 Å². The predicted octanol–water partition coefficient (Wildman–Crippen LogP) is 4.37. The molecule has 1 aliphatic carbocycles. The monoisotopic (exact) mass is 549 g/mol. The number of fused-ring (bicyclic) bond motifs is 1. The summed E-state index contributed by atoms with van der Waals surface area (Å²) in [5, 5.41) is 17.8. The Kier molecular flexibility index (Phi) is 7.61. The second-order valence-electron chi connectivity index (χ2n) is 9.31. The Labute approximate surface area is 220 Å². The number of aromatic nitrogens is 3. The van der Waals surface area contributed by atoms with E-state index in [0.29, 0.717) is 29.4 Å². The van der Waals surface area contributed by atoms with E-state index in [1.165, 1.54) is 20.4 Å². The number of hydrogen-bond acceptors (Lipinski definition) is 8. The summed E-state index contributed by atoms with van der Waals surface area (Å²) in [6.45, 7) is 0.437. The fraction of sp³-hybridized carbons (Fsp3) is 0.360. The molecule has 0 amide bonds. The molecule has 2 unspecified atom stereocenters. The minimum atomic E-state index is -4.79. The average Bonchev–Trinajstić information content (AvgIpc) is 3.32. The van der Waals surface area contributed by atoms with Gasteiger partial charge in [0, 0.05) is 34.3 Å². The Morgan fingerprint density at radius 3 is 2.67 bits per heavy atom. The van der Waals surface area contributed by atoms with Crippen LogP contribution in [0, 0.1) is 10.1 Å². The van der Waals surface area contributed by atoms with Crippen LogP contribution >= 0.6 is 0 Å². The largest absolute Gasteiger partial charge is 0.495 e. The van der Waals surface area contributed by atoms with Gasteiger partial charge in [0.05, 0.1) is 24.0 Å². The molecule has 0 saturated heterocycles. The molecule has 208 valence electrons. The predicted molar refractivity (Wildman–Crippen MR) is 138 cm³/mol. The van der Waals surface area contributed by atoms with Crippen molar-refractivity contribution >= 4 is 16.9 Å². The van der Waals surface area contributed by atoms with E-state index >= 15 is 4.39 Å². The normalized spacial score (nSPS) is 19.7. The zero-order valence-electron chi connectivity index (χ0n) is 21.6. The van der Waals surface area contributed by atoms with E-state index in [1.807, 2.05) is 4.90 Å². The molecule has 0 aliphatic heterocycles. The third-order valence-corrected chi connectivity index (χ3v) is 6.65. The van der Waals surface area contributed by atoms with Crippen LogP contribution in [-0.4, -0.2) is 71.2 Å². The first-order valence-electron chi connectivity index (χ1n) is 11.8. The zero-order chi connectivity index (χ0) is 28.5. The topological polar surface area (TPSA) is 121 Å². The van der Waals surface area contributed by atoms with Crippen molar-refractivity contribution in [3.05, 3.63) is 69.9 Å². The summed E-state index contributed by atoms with van der Waals surface area (Å²) < 4.78 is 62.4.